The van der Waals surface area contributed by atoms with Crippen LogP contribution in [0.4, 0.5) is 0 Å². The zero-order valence-electron chi connectivity index (χ0n) is 11.8. The van der Waals surface area contributed by atoms with Crippen molar-refractivity contribution < 1.29 is 23.9 Å². The van der Waals surface area contributed by atoms with Gasteiger partial charge in [0.2, 0.25) is 12.0 Å². The molecule has 0 aromatic rings. The molecule has 1 aliphatic rings. The van der Waals surface area contributed by atoms with Crippen LogP contribution in [0.5, 0.6) is 0 Å². The van der Waals surface area contributed by atoms with Crippen LogP contribution in [0.25, 0.3) is 0 Å². The number of ketones is 2. The standard InChI is InChI=1S/C14H21NO5/c1-15-12(18)6-4-2-3-5-7-13(19)20-14-10(16)8-9-11(14)17/h14H,2-9H2,1H3,(H,15,18). The molecule has 0 spiro atoms. The van der Waals surface area contributed by atoms with Gasteiger partial charge in [0.05, 0.1) is 0 Å². The van der Waals surface area contributed by atoms with Crippen molar-refractivity contribution in [2.45, 2.75) is 57.5 Å². The molecule has 1 saturated carbocycles. The fourth-order valence-corrected chi connectivity index (χ4v) is 2.04. The van der Waals surface area contributed by atoms with Crippen LogP contribution < -0.4 is 5.32 Å². The highest BCUT2D eigenvalue weighted by molar-refractivity contribution is 6.12. The third-order valence-corrected chi connectivity index (χ3v) is 3.27. The fourth-order valence-electron chi connectivity index (χ4n) is 2.04. The molecule has 0 bridgehead atoms. The lowest BCUT2D eigenvalue weighted by Gasteiger charge is -2.09. The number of hydrogen-bond acceptors (Lipinski definition) is 5. The normalized spacial score (nSPS) is 15.4. The first-order valence-electron chi connectivity index (χ1n) is 7.00. The van der Waals surface area contributed by atoms with Crippen LogP contribution in [0.15, 0.2) is 0 Å². The molecular weight excluding hydrogens is 262 g/mol. The molecule has 0 aliphatic heterocycles. The maximum absolute atomic E-state index is 11.5. The third-order valence-electron chi connectivity index (χ3n) is 3.27. The lowest BCUT2D eigenvalue weighted by Crippen LogP contribution is -2.28. The number of esters is 1. The van der Waals surface area contributed by atoms with Gasteiger partial charge in [0.25, 0.3) is 0 Å². The van der Waals surface area contributed by atoms with Crippen molar-refractivity contribution in [1.82, 2.24) is 5.32 Å². The second-order valence-corrected chi connectivity index (χ2v) is 4.89. The molecule has 0 atom stereocenters. The van der Waals surface area contributed by atoms with Gasteiger partial charge in [0.15, 0.2) is 11.6 Å². The second-order valence-electron chi connectivity index (χ2n) is 4.89. The third kappa shape index (κ3) is 5.50. The first-order valence-corrected chi connectivity index (χ1v) is 7.00. The highest BCUT2D eigenvalue weighted by atomic mass is 16.5. The number of hydrogen-bond donors (Lipinski definition) is 1. The van der Waals surface area contributed by atoms with Gasteiger partial charge in [-0.3, -0.25) is 19.2 Å². The highest BCUT2D eigenvalue weighted by Gasteiger charge is 2.35. The van der Waals surface area contributed by atoms with Gasteiger partial charge in [0, 0.05) is 32.7 Å². The number of unbranched alkanes of at least 4 members (excludes halogenated alkanes) is 3. The maximum Gasteiger partial charge on any atom is 0.306 e. The molecule has 1 rings (SSSR count). The molecule has 0 heterocycles. The Morgan fingerprint density at radius 2 is 1.60 bits per heavy atom. The molecule has 20 heavy (non-hydrogen) atoms. The summed E-state index contributed by atoms with van der Waals surface area (Å²) in [5.74, 6) is -1.07. The van der Waals surface area contributed by atoms with Crippen molar-refractivity contribution in [2.24, 2.45) is 0 Å². The van der Waals surface area contributed by atoms with Crippen molar-refractivity contribution in [3.8, 4) is 0 Å². The molecule has 0 radical (unpaired) electrons. The number of rotatable bonds is 8. The van der Waals surface area contributed by atoms with E-state index >= 15 is 0 Å². The first kappa shape index (κ1) is 16.3. The summed E-state index contributed by atoms with van der Waals surface area (Å²) in [6, 6.07) is 0. The van der Waals surface area contributed by atoms with E-state index in [0.717, 1.165) is 19.3 Å². The van der Waals surface area contributed by atoms with Crippen LogP contribution in [0, 0.1) is 0 Å². The molecule has 1 N–H and O–H groups in total. The van der Waals surface area contributed by atoms with Crippen molar-refractivity contribution in [1.29, 1.82) is 0 Å². The van der Waals surface area contributed by atoms with Crippen molar-refractivity contribution in [2.75, 3.05) is 7.05 Å². The minimum absolute atomic E-state index is 0.0164. The minimum Gasteiger partial charge on any atom is -0.446 e. The number of amides is 1. The van der Waals surface area contributed by atoms with E-state index < -0.39 is 12.1 Å². The van der Waals surface area contributed by atoms with Gasteiger partial charge >= 0.3 is 5.97 Å². The van der Waals surface area contributed by atoms with Crippen LogP contribution in [0.3, 0.4) is 0 Å². The van der Waals surface area contributed by atoms with E-state index in [4.69, 9.17) is 4.74 Å². The smallest absolute Gasteiger partial charge is 0.306 e. The van der Waals surface area contributed by atoms with Gasteiger partial charge in [-0.15, -0.1) is 0 Å². The zero-order valence-corrected chi connectivity index (χ0v) is 11.8. The molecule has 1 amide bonds. The molecule has 0 unspecified atom stereocenters. The molecule has 0 saturated heterocycles. The SMILES string of the molecule is CNC(=O)CCCCCCC(=O)OC1C(=O)CCC1=O. The number of Topliss-reactive ketones (excluding diaryl/α,β-unsaturated/α-hetero) is 2. The molecule has 0 aromatic heterocycles. The predicted molar refractivity (Wildman–Crippen MR) is 70.9 cm³/mol. The fraction of sp³-hybridized carbons (Fsp3) is 0.714. The summed E-state index contributed by atoms with van der Waals surface area (Å²) >= 11 is 0. The van der Waals surface area contributed by atoms with Crippen LogP contribution in [-0.4, -0.2) is 36.6 Å². The van der Waals surface area contributed by atoms with Crippen LogP contribution in [0.2, 0.25) is 0 Å². The molecule has 6 nitrogen and oxygen atoms in total. The van der Waals surface area contributed by atoms with E-state index in [0.29, 0.717) is 12.8 Å². The van der Waals surface area contributed by atoms with E-state index in [1.807, 2.05) is 0 Å². The van der Waals surface area contributed by atoms with Gasteiger partial charge in [-0.25, -0.2) is 0 Å². The topological polar surface area (TPSA) is 89.5 Å². The molecule has 1 aliphatic carbocycles. The molecule has 0 aromatic carbocycles. The van der Waals surface area contributed by atoms with Crippen molar-refractivity contribution in [3.63, 3.8) is 0 Å². The van der Waals surface area contributed by atoms with Gasteiger partial charge in [-0.2, -0.15) is 0 Å². The number of nitrogens with one attached hydrogen (secondary N) is 1. The molecule has 6 heteroatoms. The Kier molecular flexibility index (Phi) is 6.90. The Morgan fingerprint density at radius 1 is 1.05 bits per heavy atom. The molecule has 1 fully saturated rings. The maximum atomic E-state index is 11.5. The number of ether oxygens (including phenoxy) is 1. The van der Waals surface area contributed by atoms with Crippen LogP contribution in [0.1, 0.15) is 51.4 Å². The monoisotopic (exact) mass is 283 g/mol. The van der Waals surface area contributed by atoms with Crippen LogP contribution in [-0.2, 0) is 23.9 Å². The summed E-state index contributed by atoms with van der Waals surface area (Å²) in [6.45, 7) is 0. The van der Waals surface area contributed by atoms with E-state index in [1.54, 1.807) is 7.05 Å². The lowest BCUT2D eigenvalue weighted by atomic mass is 10.1. The van der Waals surface area contributed by atoms with Gasteiger partial charge in [0.1, 0.15) is 0 Å². The first-order chi connectivity index (χ1) is 9.54. The Bertz CT molecular complexity index is 375. The molecule has 112 valence electrons. The van der Waals surface area contributed by atoms with E-state index in [9.17, 15) is 19.2 Å². The van der Waals surface area contributed by atoms with Crippen molar-refractivity contribution >= 4 is 23.4 Å². The second kappa shape index (κ2) is 8.45. The summed E-state index contributed by atoms with van der Waals surface area (Å²) < 4.78 is 4.90. The Hall–Kier alpha value is -1.72. The number of carbonyl (C=O) groups is 4. The predicted octanol–water partition coefficient (Wildman–Crippen LogP) is 0.917. The number of carbonyl (C=O) groups excluding carboxylic acids is 4. The summed E-state index contributed by atoms with van der Waals surface area (Å²) in [5.41, 5.74) is 0. The van der Waals surface area contributed by atoms with Crippen molar-refractivity contribution in [3.05, 3.63) is 0 Å². The average molecular weight is 283 g/mol. The van der Waals surface area contributed by atoms with Gasteiger partial charge in [-0.05, 0) is 12.8 Å². The largest absolute Gasteiger partial charge is 0.446 e. The summed E-state index contributed by atoms with van der Waals surface area (Å²) in [4.78, 5) is 45.0. The van der Waals surface area contributed by atoms with Crippen LogP contribution >= 0.6 is 0 Å². The Morgan fingerprint density at radius 3 is 2.15 bits per heavy atom. The van der Waals surface area contributed by atoms with E-state index in [-0.39, 0.29) is 36.7 Å². The highest BCUT2D eigenvalue weighted by Crippen LogP contribution is 2.15. The average Bonchev–Trinajstić information content (AvgIpc) is 2.74. The van der Waals surface area contributed by atoms with E-state index in [1.165, 1.54) is 0 Å². The Labute approximate surface area is 118 Å². The quantitative estimate of drug-likeness (QED) is 0.406. The summed E-state index contributed by atoms with van der Waals surface area (Å²) in [7, 11) is 1.60. The summed E-state index contributed by atoms with van der Waals surface area (Å²) in [5, 5.41) is 2.55. The Balaban J connectivity index is 2.07. The summed E-state index contributed by atoms with van der Waals surface area (Å²) in [6.07, 6.45) is 3.00. The lowest BCUT2D eigenvalue weighted by molar-refractivity contribution is -0.157. The van der Waals surface area contributed by atoms with Gasteiger partial charge in [-0.1, -0.05) is 12.8 Å². The molecular formula is C14H21NO5. The minimum atomic E-state index is -1.16. The van der Waals surface area contributed by atoms with E-state index in [2.05, 4.69) is 5.32 Å². The van der Waals surface area contributed by atoms with Gasteiger partial charge < -0.3 is 10.1 Å². The zero-order chi connectivity index (χ0) is 15.0.